The molecule has 0 aliphatic carbocycles. The molecule has 1 unspecified atom stereocenters. The highest BCUT2D eigenvalue weighted by Crippen LogP contribution is 2.18. The van der Waals surface area contributed by atoms with Crippen LogP contribution in [0.5, 0.6) is 5.75 Å². The Kier molecular flexibility index (Phi) is 7.93. The zero-order chi connectivity index (χ0) is 19.6. The first kappa shape index (κ1) is 20.6. The molecule has 0 fully saturated rings. The normalized spacial score (nSPS) is 11.2. The van der Waals surface area contributed by atoms with Gasteiger partial charge in [-0.25, -0.2) is 0 Å². The van der Waals surface area contributed by atoms with Gasteiger partial charge in [-0.15, -0.1) is 0 Å². The molecule has 140 valence electrons. The first-order valence-corrected chi connectivity index (χ1v) is 9.19. The van der Waals surface area contributed by atoms with E-state index < -0.39 is 0 Å². The molecule has 0 saturated carbocycles. The number of esters is 1. The van der Waals surface area contributed by atoms with E-state index >= 15 is 0 Å². The number of hydrogen-bond donors (Lipinski definition) is 0. The second-order valence-corrected chi connectivity index (χ2v) is 6.25. The van der Waals surface area contributed by atoms with Crippen molar-refractivity contribution in [2.24, 2.45) is 0 Å². The summed E-state index contributed by atoms with van der Waals surface area (Å²) in [5.74, 6) is 0.255. The molecule has 0 spiro atoms. The molecule has 0 aliphatic heterocycles. The molecule has 0 aromatic heterocycles. The number of rotatable bonds is 9. The summed E-state index contributed by atoms with van der Waals surface area (Å²) in [6.45, 7) is 3.92. The number of ether oxygens (including phenoxy) is 2. The molecular weight excluding hydrogens is 360 g/mol. The molecule has 4 nitrogen and oxygen atoms in total. The lowest BCUT2D eigenvalue weighted by molar-refractivity contribution is -0.144. The summed E-state index contributed by atoms with van der Waals surface area (Å²) in [6.07, 6.45) is 2.35. The highest BCUT2D eigenvalue weighted by molar-refractivity contribution is 7.78. The monoisotopic (exact) mass is 382 g/mol. The van der Waals surface area contributed by atoms with Crippen LogP contribution >= 0.6 is 12.2 Å². The lowest BCUT2D eigenvalue weighted by Crippen LogP contribution is -2.18. The van der Waals surface area contributed by atoms with Crippen molar-refractivity contribution in [1.29, 1.82) is 0 Å². The van der Waals surface area contributed by atoms with E-state index in [1.165, 1.54) is 0 Å². The van der Waals surface area contributed by atoms with Crippen molar-refractivity contribution < 1.29 is 19.1 Å². The molecule has 0 bridgehead atoms. The predicted octanol–water partition coefficient (Wildman–Crippen LogP) is 4.34. The minimum atomic E-state index is -0.306. The van der Waals surface area contributed by atoms with E-state index in [4.69, 9.17) is 9.47 Å². The second kappa shape index (κ2) is 10.4. The molecule has 0 amide bonds. The van der Waals surface area contributed by atoms with Crippen molar-refractivity contribution in [1.82, 2.24) is 0 Å². The molecule has 0 N–H and O–H groups in total. The molecular formula is C22H22O4S. The Hall–Kier alpha value is -2.75. The summed E-state index contributed by atoms with van der Waals surface area (Å²) in [5, 5.41) is 2.57. The predicted molar refractivity (Wildman–Crippen MR) is 109 cm³/mol. The van der Waals surface area contributed by atoms with Gasteiger partial charge in [0, 0.05) is 11.1 Å². The number of carbonyl (C=O) groups excluding carboxylic acids is 2. The van der Waals surface area contributed by atoms with Crippen LogP contribution < -0.4 is 4.74 Å². The van der Waals surface area contributed by atoms with Crippen molar-refractivity contribution in [3.63, 3.8) is 0 Å². The van der Waals surface area contributed by atoms with Gasteiger partial charge in [-0.2, -0.15) is 0 Å². The standard InChI is InChI=1S/C22H22O4S/c1-3-25-21(23)15-16(2)26-20-12-10-19(11-13-20)22(24)18-8-6-17(7-9-18)5-4-14-27/h4,6-13,16H,3,5,15H2,1-2H3. The first-order valence-electron chi connectivity index (χ1n) is 8.78. The van der Waals surface area contributed by atoms with Crippen LogP contribution in [0.15, 0.2) is 54.6 Å². The first-order chi connectivity index (χ1) is 13.0. The van der Waals surface area contributed by atoms with E-state index in [0.29, 0.717) is 29.9 Å². The van der Waals surface area contributed by atoms with E-state index in [0.717, 1.165) is 5.56 Å². The number of hydrogen-bond acceptors (Lipinski definition) is 5. The Morgan fingerprint density at radius 2 is 1.67 bits per heavy atom. The number of ketones is 1. The van der Waals surface area contributed by atoms with E-state index in [9.17, 15) is 9.59 Å². The lowest BCUT2D eigenvalue weighted by atomic mass is 10.0. The molecule has 2 aromatic rings. The van der Waals surface area contributed by atoms with Gasteiger partial charge in [0.1, 0.15) is 11.9 Å². The zero-order valence-corrected chi connectivity index (χ0v) is 16.3. The van der Waals surface area contributed by atoms with E-state index in [1.807, 2.05) is 12.1 Å². The summed E-state index contributed by atoms with van der Waals surface area (Å²) in [5.41, 5.74) is 2.27. The van der Waals surface area contributed by atoms with Gasteiger partial charge < -0.3 is 9.47 Å². The second-order valence-electron chi connectivity index (χ2n) is 6.01. The SMILES string of the molecule is CCOC(=O)CC(C)Oc1ccc(C(=O)c2ccc(CC=C=S)cc2)cc1. The van der Waals surface area contributed by atoms with Crippen molar-refractivity contribution in [3.05, 3.63) is 71.3 Å². The number of carbonyl (C=O) groups is 2. The maximum Gasteiger partial charge on any atom is 0.309 e. The maximum absolute atomic E-state index is 12.6. The van der Waals surface area contributed by atoms with E-state index in [2.05, 4.69) is 17.2 Å². The van der Waals surface area contributed by atoms with Gasteiger partial charge >= 0.3 is 5.97 Å². The molecule has 0 radical (unpaired) electrons. The minimum Gasteiger partial charge on any atom is -0.490 e. The van der Waals surface area contributed by atoms with Crippen LogP contribution in [0.4, 0.5) is 0 Å². The summed E-state index contributed by atoms with van der Waals surface area (Å²) < 4.78 is 10.6. The average molecular weight is 382 g/mol. The quantitative estimate of drug-likeness (QED) is 0.367. The van der Waals surface area contributed by atoms with Crippen molar-refractivity contribution in [3.8, 4) is 5.75 Å². The third kappa shape index (κ3) is 6.48. The fraction of sp³-hybridized carbons (Fsp3) is 0.273. The zero-order valence-electron chi connectivity index (χ0n) is 15.4. The van der Waals surface area contributed by atoms with Crippen LogP contribution in [-0.2, 0) is 16.0 Å². The van der Waals surface area contributed by atoms with Crippen LogP contribution in [0.3, 0.4) is 0 Å². The van der Waals surface area contributed by atoms with Crippen LogP contribution in [0, 0.1) is 0 Å². The van der Waals surface area contributed by atoms with Gasteiger partial charge in [0.25, 0.3) is 0 Å². The molecule has 0 heterocycles. The van der Waals surface area contributed by atoms with Gasteiger partial charge in [0.15, 0.2) is 5.78 Å². The van der Waals surface area contributed by atoms with Gasteiger partial charge in [-0.3, -0.25) is 9.59 Å². The van der Waals surface area contributed by atoms with Crippen molar-refractivity contribution in [2.45, 2.75) is 32.8 Å². The highest BCUT2D eigenvalue weighted by Gasteiger charge is 2.13. The van der Waals surface area contributed by atoms with Crippen molar-refractivity contribution in [2.75, 3.05) is 6.61 Å². The Labute approximate surface area is 164 Å². The fourth-order valence-electron chi connectivity index (χ4n) is 2.53. The smallest absolute Gasteiger partial charge is 0.309 e. The molecule has 0 aliphatic rings. The molecule has 2 aromatic carbocycles. The third-order valence-electron chi connectivity index (χ3n) is 3.85. The van der Waals surface area contributed by atoms with Gasteiger partial charge in [-0.1, -0.05) is 29.3 Å². The Morgan fingerprint density at radius 3 is 2.22 bits per heavy atom. The van der Waals surface area contributed by atoms with E-state index in [-0.39, 0.29) is 24.3 Å². The van der Waals surface area contributed by atoms with Crippen LogP contribution in [0.25, 0.3) is 0 Å². The number of thiocarbonyl (C=S) groups is 1. The van der Waals surface area contributed by atoms with Gasteiger partial charge in [0.2, 0.25) is 0 Å². The third-order valence-corrected chi connectivity index (χ3v) is 4.02. The summed E-state index contributed by atoms with van der Waals surface area (Å²) in [6, 6.07) is 14.3. The molecule has 27 heavy (non-hydrogen) atoms. The van der Waals surface area contributed by atoms with Crippen LogP contribution in [0.2, 0.25) is 0 Å². The summed E-state index contributed by atoms with van der Waals surface area (Å²) >= 11 is 4.66. The van der Waals surface area contributed by atoms with Crippen LogP contribution in [-0.4, -0.2) is 29.5 Å². The van der Waals surface area contributed by atoms with Gasteiger partial charge in [0.05, 0.1) is 13.0 Å². The van der Waals surface area contributed by atoms with Crippen molar-refractivity contribution >= 4 is 29.0 Å². The molecule has 2 rings (SSSR count). The van der Waals surface area contributed by atoms with Gasteiger partial charge in [-0.05, 0) is 68.4 Å². The molecule has 0 saturated heterocycles. The maximum atomic E-state index is 12.6. The lowest BCUT2D eigenvalue weighted by Gasteiger charge is -2.14. The minimum absolute atomic E-state index is 0.0574. The fourth-order valence-corrected chi connectivity index (χ4v) is 2.62. The van der Waals surface area contributed by atoms with Crippen LogP contribution in [0.1, 0.15) is 41.8 Å². The highest BCUT2D eigenvalue weighted by atomic mass is 32.1. The Bertz CT molecular complexity index is 818. The number of allylic oxidation sites excluding steroid dienone is 1. The average Bonchev–Trinajstić information content (AvgIpc) is 2.67. The molecule has 1 atom stereocenters. The largest absolute Gasteiger partial charge is 0.490 e. The van der Waals surface area contributed by atoms with E-state index in [1.54, 1.807) is 56.3 Å². The summed E-state index contributed by atoms with van der Waals surface area (Å²) in [7, 11) is 0. The Balaban J connectivity index is 1.98. The topological polar surface area (TPSA) is 52.6 Å². The molecule has 5 heteroatoms. The number of benzene rings is 2. The summed E-state index contributed by atoms with van der Waals surface area (Å²) in [4.78, 5) is 24.1. The Morgan fingerprint density at radius 1 is 1.07 bits per heavy atom.